The fraction of sp³-hybridized carbons (Fsp3) is 0. The highest BCUT2D eigenvalue weighted by atomic mass is 16.5. The second-order valence-corrected chi connectivity index (χ2v) is 4.51. The zero-order valence-corrected chi connectivity index (χ0v) is 10.9. The molecule has 2 aromatic rings. The average Bonchev–Trinajstić information content (AvgIpc) is 2.52. The number of esters is 1. The standard InChI is InChI=1S/C17H10O4/c18-15-13-9-5-4-6-11(13)10-14(16(15)19)17(20)21-12-7-2-1-3-8-12/h1-10H. The highest BCUT2D eigenvalue weighted by molar-refractivity contribution is 6.56. The van der Waals surface area contributed by atoms with Gasteiger partial charge in [0.2, 0.25) is 11.6 Å². The first kappa shape index (κ1) is 13.0. The number of carbonyl (C=O) groups excluding carboxylic acids is 3. The Bertz CT molecular complexity index is 772. The summed E-state index contributed by atoms with van der Waals surface area (Å²) in [5.74, 6) is -2.03. The van der Waals surface area contributed by atoms with Crippen LogP contribution in [0, 0.1) is 0 Å². The molecule has 0 fully saturated rings. The minimum atomic E-state index is -0.838. The predicted octanol–water partition coefficient (Wildman–Crippen LogP) is 2.44. The van der Waals surface area contributed by atoms with E-state index in [9.17, 15) is 14.4 Å². The van der Waals surface area contributed by atoms with E-state index in [0.29, 0.717) is 16.9 Å². The lowest BCUT2D eigenvalue weighted by Crippen LogP contribution is -2.28. The molecule has 0 bridgehead atoms. The topological polar surface area (TPSA) is 60.4 Å². The van der Waals surface area contributed by atoms with Crippen LogP contribution in [-0.4, -0.2) is 17.5 Å². The fourth-order valence-corrected chi connectivity index (χ4v) is 2.10. The third-order valence-corrected chi connectivity index (χ3v) is 3.13. The monoisotopic (exact) mass is 278 g/mol. The van der Waals surface area contributed by atoms with Crippen LogP contribution < -0.4 is 4.74 Å². The Morgan fingerprint density at radius 2 is 1.48 bits per heavy atom. The van der Waals surface area contributed by atoms with E-state index in [0.717, 1.165) is 0 Å². The zero-order valence-electron chi connectivity index (χ0n) is 10.9. The van der Waals surface area contributed by atoms with Gasteiger partial charge in [0.15, 0.2) is 0 Å². The number of benzene rings is 2. The fourth-order valence-electron chi connectivity index (χ4n) is 2.10. The van der Waals surface area contributed by atoms with Crippen molar-refractivity contribution in [1.29, 1.82) is 0 Å². The molecule has 0 aromatic heterocycles. The average molecular weight is 278 g/mol. The third kappa shape index (κ3) is 2.39. The van der Waals surface area contributed by atoms with Crippen molar-refractivity contribution >= 4 is 23.6 Å². The van der Waals surface area contributed by atoms with Gasteiger partial charge in [-0.2, -0.15) is 0 Å². The first-order valence-electron chi connectivity index (χ1n) is 6.34. The number of carbonyl (C=O) groups is 3. The summed E-state index contributed by atoms with van der Waals surface area (Å²) in [5.41, 5.74) is 0.600. The maximum Gasteiger partial charge on any atom is 0.347 e. The van der Waals surface area contributed by atoms with Gasteiger partial charge in [0.1, 0.15) is 11.3 Å². The molecule has 0 aliphatic heterocycles. The van der Waals surface area contributed by atoms with Crippen molar-refractivity contribution in [2.45, 2.75) is 0 Å². The number of para-hydroxylation sites is 1. The second kappa shape index (κ2) is 5.17. The van der Waals surface area contributed by atoms with Crippen molar-refractivity contribution in [2.75, 3.05) is 0 Å². The van der Waals surface area contributed by atoms with Crippen molar-refractivity contribution < 1.29 is 19.1 Å². The number of hydrogen-bond acceptors (Lipinski definition) is 4. The lowest BCUT2D eigenvalue weighted by molar-refractivity contribution is -0.131. The molecule has 4 heteroatoms. The van der Waals surface area contributed by atoms with E-state index in [2.05, 4.69) is 0 Å². The van der Waals surface area contributed by atoms with E-state index in [1.165, 1.54) is 6.08 Å². The summed E-state index contributed by atoms with van der Waals surface area (Å²) >= 11 is 0. The number of fused-ring (bicyclic) bond motifs is 1. The Hall–Kier alpha value is -3.01. The van der Waals surface area contributed by atoms with Gasteiger partial charge in [-0.1, -0.05) is 42.5 Å². The van der Waals surface area contributed by atoms with Crippen molar-refractivity contribution in [3.05, 3.63) is 71.3 Å². The molecule has 0 atom stereocenters. The van der Waals surface area contributed by atoms with Gasteiger partial charge in [-0.25, -0.2) is 4.79 Å². The summed E-state index contributed by atoms with van der Waals surface area (Å²) in [6.45, 7) is 0. The predicted molar refractivity (Wildman–Crippen MR) is 75.8 cm³/mol. The van der Waals surface area contributed by atoms with Crippen LogP contribution in [0.4, 0.5) is 0 Å². The van der Waals surface area contributed by atoms with Crippen LogP contribution in [0.5, 0.6) is 5.75 Å². The van der Waals surface area contributed by atoms with E-state index in [1.54, 1.807) is 54.6 Å². The largest absolute Gasteiger partial charge is 0.423 e. The van der Waals surface area contributed by atoms with E-state index in [1.807, 2.05) is 0 Å². The van der Waals surface area contributed by atoms with Crippen LogP contribution >= 0.6 is 0 Å². The van der Waals surface area contributed by atoms with Crippen LogP contribution in [-0.2, 0) is 9.59 Å². The van der Waals surface area contributed by atoms with Crippen molar-refractivity contribution in [2.24, 2.45) is 0 Å². The molecule has 0 heterocycles. The quantitative estimate of drug-likeness (QED) is 0.366. The molecule has 0 unspecified atom stereocenters. The lowest BCUT2D eigenvalue weighted by atomic mass is 9.90. The van der Waals surface area contributed by atoms with E-state index < -0.39 is 17.5 Å². The molecule has 0 saturated carbocycles. The second-order valence-electron chi connectivity index (χ2n) is 4.51. The van der Waals surface area contributed by atoms with Gasteiger partial charge in [-0.15, -0.1) is 0 Å². The van der Waals surface area contributed by atoms with E-state index in [4.69, 9.17) is 4.74 Å². The summed E-state index contributed by atoms with van der Waals surface area (Å²) in [6.07, 6.45) is 1.39. The van der Waals surface area contributed by atoms with Crippen molar-refractivity contribution in [3.8, 4) is 5.75 Å². The minimum Gasteiger partial charge on any atom is -0.423 e. The Kier molecular flexibility index (Phi) is 3.20. The lowest BCUT2D eigenvalue weighted by Gasteiger charge is -2.13. The summed E-state index contributed by atoms with van der Waals surface area (Å²) in [4.78, 5) is 36.1. The van der Waals surface area contributed by atoms with E-state index >= 15 is 0 Å². The normalized spacial score (nSPS) is 13.4. The van der Waals surface area contributed by atoms with Crippen molar-refractivity contribution in [1.82, 2.24) is 0 Å². The molecule has 0 saturated heterocycles. The molecular formula is C17H10O4. The van der Waals surface area contributed by atoms with Gasteiger partial charge in [0.25, 0.3) is 0 Å². The van der Waals surface area contributed by atoms with Gasteiger partial charge in [0.05, 0.1) is 0 Å². The molecule has 1 aliphatic rings. The summed E-state index contributed by atoms with van der Waals surface area (Å²) in [7, 11) is 0. The maximum absolute atomic E-state index is 12.1. The summed E-state index contributed by atoms with van der Waals surface area (Å²) < 4.78 is 5.11. The van der Waals surface area contributed by atoms with Gasteiger partial charge in [-0.3, -0.25) is 9.59 Å². The van der Waals surface area contributed by atoms with Crippen molar-refractivity contribution in [3.63, 3.8) is 0 Å². The maximum atomic E-state index is 12.1. The molecule has 3 rings (SSSR count). The van der Waals surface area contributed by atoms with Gasteiger partial charge in [0, 0.05) is 5.56 Å². The highest BCUT2D eigenvalue weighted by Gasteiger charge is 2.32. The number of ketones is 2. The SMILES string of the molecule is O=C(Oc1ccccc1)C1=Cc2ccccc2C(=O)C1=O. The third-order valence-electron chi connectivity index (χ3n) is 3.13. The Labute approximate surface area is 120 Å². The van der Waals surface area contributed by atoms with E-state index in [-0.39, 0.29) is 5.57 Å². The number of rotatable bonds is 2. The first-order valence-corrected chi connectivity index (χ1v) is 6.34. The molecule has 0 radical (unpaired) electrons. The van der Waals surface area contributed by atoms with Crippen LogP contribution in [0.15, 0.2) is 60.2 Å². The highest BCUT2D eigenvalue weighted by Crippen LogP contribution is 2.23. The van der Waals surface area contributed by atoms with Crippen LogP contribution in [0.1, 0.15) is 15.9 Å². The smallest absolute Gasteiger partial charge is 0.347 e. The minimum absolute atomic E-state index is 0.248. The summed E-state index contributed by atoms with van der Waals surface area (Å²) in [5, 5.41) is 0. The number of hydrogen-bond donors (Lipinski definition) is 0. The molecular weight excluding hydrogens is 268 g/mol. The Balaban J connectivity index is 1.95. The number of Topliss-reactive ketones (excluding diaryl/α,β-unsaturated/α-hetero) is 2. The van der Waals surface area contributed by atoms with Gasteiger partial charge in [-0.05, 0) is 23.8 Å². The molecule has 1 aliphatic carbocycles. The van der Waals surface area contributed by atoms with Gasteiger partial charge < -0.3 is 4.74 Å². The molecule has 0 N–H and O–H groups in total. The van der Waals surface area contributed by atoms with Crippen LogP contribution in [0.3, 0.4) is 0 Å². The van der Waals surface area contributed by atoms with Crippen LogP contribution in [0.2, 0.25) is 0 Å². The Morgan fingerprint density at radius 1 is 0.810 bits per heavy atom. The zero-order chi connectivity index (χ0) is 14.8. The molecule has 102 valence electrons. The number of ether oxygens (including phenoxy) is 1. The first-order chi connectivity index (χ1) is 10.2. The summed E-state index contributed by atoms with van der Waals surface area (Å²) in [6, 6.07) is 15.0. The van der Waals surface area contributed by atoms with Crippen LogP contribution in [0.25, 0.3) is 6.08 Å². The Morgan fingerprint density at radius 3 is 2.24 bits per heavy atom. The van der Waals surface area contributed by atoms with Gasteiger partial charge >= 0.3 is 5.97 Å². The molecule has 4 nitrogen and oxygen atoms in total. The molecule has 0 spiro atoms. The molecule has 2 aromatic carbocycles. The molecule has 0 amide bonds. The molecule has 21 heavy (non-hydrogen) atoms.